The van der Waals surface area contributed by atoms with Crippen molar-refractivity contribution in [1.82, 2.24) is 9.21 Å². The molecule has 29 heavy (non-hydrogen) atoms. The molecule has 1 aliphatic heterocycles. The number of rotatable bonds is 5. The van der Waals surface area contributed by atoms with Crippen LogP contribution in [0.2, 0.25) is 5.02 Å². The Labute approximate surface area is 177 Å². The minimum absolute atomic E-state index is 0.0162. The summed E-state index contributed by atoms with van der Waals surface area (Å²) < 4.78 is 53.7. The monoisotopic (exact) mass is 460 g/mol. The molecule has 1 aliphatic rings. The molecule has 1 amide bonds. The summed E-state index contributed by atoms with van der Waals surface area (Å²) in [4.78, 5) is 14.5. The van der Waals surface area contributed by atoms with Crippen LogP contribution in [0.1, 0.15) is 6.92 Å². The Balaban J connectivity index is 1.62. The van der Waals surface area contributed by atoms with Crippen LogP contribution < -0.4 is 0 Å². The van der Waals surface area contributed by atoms with Crippen LogP contribution in [0, 0.1) is 11.6 Å². The summed E-state index contributed by atoms with van der Waals surface area (Å²) in [5.74, 6) is -1.94. The molecule has 0 saturated carbocycles. The second-order valence-electron chi connectivity index (χ2n) is 6.52. The van der Waals surface area contributed by atoms with E-state index in [2.05, 4.69) is 0 Å². The van der Waals surface area contributed by atoms with Crippen LogP contribution in [0.25, 0.3) is 0 Å². The number of carbonyl (C=O) groups is 1. The zero-order valence-electron chi connectivity index (χ0n) is 15.5. The fourth-order valence-electron chi connectivity index (χ4n) is 2.99. The number of halogens is 3. The van der Waals surface area contributed by atoms with Crippen LogP contribution in [0.4, 0.5) is 8.78 Å². The van der Waals surface area contributed by atoms with Crippen molar-refractivity contribution in [1.29, 1.82) is 0 Å². The van der Waals surface area contributed by atoms with Crippen LogP contribution in [0.5, 0.6) is 0 Å². The van der Waals surface area contributed by atoms with E-state index in [1.54, 1.807) is 24.0 Å². The van der Waals surface area contributed by atoms with Crippen molar-refractivity contribution < 1.29 is 22.0 Å². The molecule has 1 heterocycles. The van der Waals surface area contributed by atoms with E-state index in [9.17, 15) is 22.0 Å². The fourth-order valence-corrected chi connectivity index (χ4v) is 5.56. The molecule has 0 radical (unpaired) electrons. The first-order valence-corrected chi connectivity index (χ1v) is 11.5. The minimum Gasteiger partial charge on any atom is -0.339 e. The van der Waals surface area contributed by atoms with E-state index in [0.29, 0.717) is 11.1 Å². The van der Waals surface area contributed by atoms with E-state index >= 15 is 0 Å². The zero-order chi connectivity index (χ0) is 21.2. The molecular weight excluding hydrogens is 442 g/mol. The van der Waals surface area contributed by atoms with Crippen molar-refractivity contribution >= 4 is 39.3 Å². The number of nitrogens with zero attached hydrogens (tertiary/aromatic N) is 2. The Bertz CT molecular complexity index is 995. The van der Waals surface area contributed by atoms with Gasteiger partial charge >= 0.3 is 0 Å². The number of thioether (sulfide) groups is 1. The molecule has 1 fully saturated rings. The third kappa shape index (κ3) is 5.09. The highest BCUT2D eigenvalue weighted by Gasteiger charge is 2.33. The van der Waals surface area contributed by atoms with Crippen LogP contribution in [0.3, 0.4) is 0 Å². The first-order chi connectivity index (χ1) is 13.7. The molecule has 156 valence electrons. The fraction of sp³-hybridized carbons (Fsp3) is 0.316. The predicted octanol–water partition coefficient (Wildman–Crippen LogP) is 3.63. The van der Waals surface area contributed by atoms with Gasteiger partial charge in [0.15, 0.2) is 0 Å². The van der Waals surface area contributed by atoms with Gasteiger partial charge in [0.2, 0.25) is 15.9 Å². The minimum atomic E-state index is -4.17. The van der Waals surface area contributed by atoms with E-state index in [1.165, 1.54) is 11.8 Å². The lowest BCUT2D eigenvalue weighted by Gasteiger charge is -2.35. The van der Waals surface area contributed by atoms with Gasteiger partial charge in [-0.1, -0.05) is 11.6 Å². The quantitative estimate of drug-likeness (QED) is 0.639. The van der Waals surface area contributed by atoms with Crippen molar-refractivity contribution in [2.75, 3.05) is 26.2 Å². The lowest BCUT2D eigenvalue weighted by molar-refractivity contribution is -0.131. The van der Waals surface area contributed by atoms with Gasteiger partial charge in [-0.3, -0.25) is 4.79 Å². The molecule has 1 saturated heterocycles. The smallest absolute Gasteiger partial charge is 0.246 e. The maximum absolute atomic E-state index is 13.9. The molecule has 2 aromatic rings. The summed E-state index contributed by atoms with van der Waals surface area (Å²) in [6, 6.07) is 9.48. The van der Waals surface area contributed by atoms with E-state index < -0.39 is 26.6 Å². The predicted molar refractivity (Wildman–Crippen MR) is 108 cm³/mol. The highest BCUT2D eigenvalue weighted by atomic mass is 35.5. The first kappa shape index (κ1) is 22.0. The average Bonchev–Trinajstić information content (AvgIpc) is 2.71. The number of hydrogen-bond acceptors (Lipinski definition) is 4. The van der Waals surface area contributed by atoms with Gasteiger partial charge in [-0.2, -0.15) is 4.31 Å². The van der Waals surface area contributed by atoms with Gasteiger partial charge in [-0.25, -0.2) is 17.2 Å². The number of piperazine rings is 1. The number of amides is 1. The van der Waals surface area contributed by atoms with Gasteiger partial charge in [0, 0.05) is 36.1 Å². The number of benzene rings is 2. The van der Waals surface area contributed by atoms with Crippen LogP contribution in [0.15, 0.2) is 52.3 Å². The molecule has 0 N–H and O–H groups in total. The van der Waals surface area contributed by atoms with E-state index in [-0.39, 0.29) is 37.3 Å². The van der Waals surface area contributed by atoms with Crippen molar-refractivity contribution in [3.05, 3.63) is 59.1 Å². The Hall–Kier alpha value is -1.68. The third-order valence-electron chi connectivity index (χ3n) is 4.54. The third-order valence-corrected chi connectivity index (χ3v) is 7.80. The molecule has 0 aliphatic carbocycles. The summed E-state index contributed by atoms with van der Waals surface area (Å²) in [5.41, 5.74) is 0. The second-order valence-corrected chi connectivity index (χ2v) is 10.3. The van der Waals surface area contributed by atoms with Crippen molar-refractivity contribution in [2.24, 2.45) is 0 Å². The maximum Gasteiger partial charge on any atom is 0.246 e. The first-order valence-electron chi connectivity index (χ1n) is 8.84. The maximum atomic E-state index is 13.9. The molecule has 1 unspecified atom stereocenters. The van der Waals surface area contributed by atoms with Crippen LogP contribution in [-0.2, 0) is 14.8 Å². The topological polar surface area (TPSA) is 57.7 Å². The Morgan fingerprint density at radius 2 is 1.69 bits per heavy atom. The lowest BCUT2D eigenvalue weighted by atomic mass is 10.3. The van der Waals surface area contributed by atoms with Gasteiger partial charge in [0.1, 0.15) is 16.5 Å². The Kier molecular flexibility index (Phi) is 6.83. The van der Waals surface area contributed by atoms with Crippen LogP contribution >= 0.6 is 23.4 Å². The van der Waals surface area contributed by atoms with Gasteiger partial charge < -0.3 is 4.90 Å². The molecule has 0 bridgehead atoms. The standard InChI is InChI=1S/C19H19ClF2N2O3S2/c1-13(28-16-5-2-14(20)3-6-16)19(25)23-8-10-24(11-9-23)29(26,27)18-12-15(21)4-7-17(18)22/h2-7,12-13H,8-11H2,1H3. The summed E-state index contributed by atoms with van der Waals surface area (Å²) in [6.07, 6.45) is 0. The zero-order valence-corrected chi connectivity index (χ0v) is 17.9. The second kappa shape index (κ2) is 8.99. The molecule has 2 aromatic carbocycles. The van der Waals surface area contributed by atoms with Crippen molar-refractivity contribution in [3.8, 4) is 0 Å². The van der Waals surface area contributed by atoms with E-state index in [0.717, 1.165) is 21.3 Å². The highest BCUT2D eigenvalue weighted by molar-refractivity contribution is 8.00. The SMILES string of the molecule is CC(Sc1ccc(Cl)cc1)C(=O)N1CCN(S(=O)(=O)c2cc(F)ccc2F)CC1. The van der Waals surface area contributed by atoms with Gasteiger partial charge in [0.25, 0.3) is 0 Å². The van der Waals surface area contributed by atoms with Crippen LogP contribution in [-0.4, -0.2) is 55.0 Å². The molecule has 0 aromatic heterocycles. The van der Waals surface area contributed by atoms with E-state index in [1.807, 2.05) is 12.1 Å². The number of carbonyl (C=O) groups excluding carboxylic acids is 1. The summed E-state index contributed by atoms with van der Waals surface area (Å²) in [6.45, 7) is 2.18. The summed E-state index contributed by atoms with van der Waals surface area (Å²) in [7, 11) is -4.17. The molecule has 5 nitrogen and oxygen atoms in total. The number of sulfonamides is 1. The van der Waals surface area contributed by atoms with Crippen molar-refractivity contribution in [3.63, 3.8) is 0 Å². The summed E-state index contributed by atoms with van der Waals surface area (Å²) >= 11 is 7.25. The van der Waals surface area contributed by atoms with Gasteiger partial charge in [0.05, 0.1) is 5.25 Å². The Morgan fingerprint density at radius 3 is 2.31 bits per heavy atom. The largest absolute Gasteiger partial charge is 0.339 e. The highest BCUT2D eigenvalue weighted by Crippen LogP contribution is 2.27. The molecule has 3 rings (SSSR count). The lowest BCUT2D eigenvalue weighted by Crippen LogP contribution is -2.52. The average molecular weight is 461 g/mol. The molecule has 1 atom stereocenters. The number of hydrogen-bond donors (Lipinski definition) is 0. The molecule has 10 heteroatoms. The van der Waals surface area contributed by atoms with E-state index in [4.69, 9.17) is 11.6 Å². The normalized spacial score (nSPS) is 16.6. The van der Waals surface area contributed by atoms with Crippen molar-refractivity contribution in [2.45, 2.75) is 22.0 Å². The molecule has 0 spiro atoms. The molecular formula is C19H19ClF2N2O3S2. The van der Waals surface area contributed by atoms with Gasteiger partial charge in [-0.15, -0.1) is 11.8 Å². The summed E-state index contributed by atoms with van der Waals surface area (Å²) in [5, 5.41) is 0.250. The Morgan fingerprint density at radius 1 is 1.07 bits per heavy atom. The van der Waals surface area contributed by atoms with Gasteiger partial charge in [-0.05, 0) is 49.4 Å².